The standard InChI is InChI=1S/C4H3F7O3S.C2H7N/c5-2(6,1-3(7,8)9)4(10,11)15(12,13)14;1-3-2/h1H2,(H,12,13,14);3H,1-2H3. The molecule has 0 saturated carbocycles. The highest BCUT2D eigenvalue weighted by atomic mass is 32.2. The first-order valence-electron chi connectivity index (χ1n) is 4.00. The van der Waals surface area contributed by atoms with E-state index in [0.29, 0.717) is 0 Å². The number of halogens is 7. The van der Waals surface area contributed by atoms with E-state index in [1.807, 2.05) is 14.1 Å². The molecule has 0 aromatic carbocycles. The number of hydrogen-bond acceptors (Lipinski definition) is 3. The van der Waals surface area contributed by atoms with Crippen LogP contribution < -0.4 is 5.32 Å². The number of hydrogen-bond donors (Lipinski definition) is 2. The predicted octanol–water partition coefficient (Wildman–Crippen LogP) is 1.89. The summed E-state index contributed by atoms with van der Waals surface area (Å²) in [6, 6.07) is 0. The summed E-state index contributed by atoms with van der Waals surface area (Å²) in [6.07, 6.45) is -9.05. The molecule has 12 heteroatoms. The molecular formula is C6H10F7NO3S. The van der Waals surface area contributed by atoms with Gasteiger partial charge in [-0.05, 0) is 14.1 Å². The molecule has 0 aliphatic carbocycles. The molecule has 0 aliphatic rings. The summed E-state index contributed by atoms with van der Waals surface area (Å²) in [7, 11) is -2.87. The second kappa shape index (κ2) is 6.02. The number of nitrogens with one attached hydrogen (secondary N) is 1. The molecule has 0 bridgehead atoms. The van der Waals surface area contributed by atoms with Gasteiger partial charge in [-0.25, -0.2) is 0 Å². The molecule has 0 aromatic rings. The van der Waals surface area contributed by atoms with Crippen LogP contribution in [0.4, 0.5) is 30.7 Å². The quantitative estimate of drug-likeness (QED) is 0.617. The first-order valence-corrected chi connectivity index (χ1v) is 5.44. The Kier molecular flexibility index (Phi) is 6.59. The molecule has 0 rings (SSSR count). The molecule has 112 valence electrons. The lowest BCUT2D eigenvalue weighted by atomic mass is 10.2. The average Bonchev–Trinajstić information content (AvgIpc) is 1.97. The van der Waals surface area contributed by atoms with Crippen LogP contribution in [0.25, 0.3) is 0 Å². The topological polar surface area (TPSA) is 66.4 Å². The fraction of sp³-hybridized carbons (Fsp3) is 1.00. The minimum absolute atomic E-state index is 1.88. The van der Waals surface area contributed by atoms with Crippen LogP contribution in [-0.2, 0) is 10.1 Å². The Morgan fingerprint density at radius 2 is 1.28 bits per heavy atom. The smallest absolute Gasteiger partial charge is 0.323 e. The Morgan fingerprint density at radius 1 is 1.00 bits per heavy atom. The first-order chi connectivity index (χ1) is 7.62. The second-order valence-electron chi connectivity index (χ2n) is 2.99. The number of rotatable bonds is 3. The summed E-state index contributed by atoms with van der Waals surface area (Å²) < 4.78 is 110. The van der Waals surface area contributed by atoms with Crippen LogP contribution in [0.3, 0.4) is 0 Å². The van der Waals surface area contributed by atoms with Gasteiger partial charge in [0.05, 0.1) is 0 Å². The van der Waals surface area contributed by atoms with Gasteiger partial charge < -0.3 is 5.32 Å². The van der Waals surface area contributed by atoms with Gasteiger partial charge in [0.2, 0.25) is 0 Å². The fourth-order valence-corrected chi connectivity index (χ4v) is 0.993. The Bertz CT molecular complexity index is 351. The van der Waals surface area contributed by atoms with Crippen molar-refractivity contribution in [2.75, 3.05) is 14.1 Å². The maximum Gasteiger partial charge on any atom is 0.431 e. The Labute approximate surface area is 97.9 Å². The van der Waals surface area contributed by atoms with Crippen LogP contribution in [0.15, 0.2) is 0 Å². The van der Waals surface area contributed by atoms with Crippen molar-refractivity contribution in [2.24, 2.45) is 0 Å². The van der Waals surface area contributed by atoms with Crippen molar-refractivity contribution in [1.29, 1.82) is 0 Å². The molecule has 0 saturated heterocycles. The van der Waals surface area contributed by atoms with Crippen molar-refractivity contribution in [3.8, 4) is 0 Å². The molecule has 0 heterocycles. The molecule has 2 N–H and O–H groups in total. The summed E-state index contributed by atoms with van der Waals surface area (Å²) in [6.45, 7) is 0. The summed E-state index contributed by atoms with van der Waals surface area (Å²) in [4.78, 5) is 0. The van der Waals surface area contributed by atoms with Gasteiger partial charge in [0.15, 0.2) is 0 Å². The van der Waals surface area contributed by atoms with Crippen molar-refractivity contribution in [2.45, 2.75) is 23.8 Å². The fourth-order valence-electron chi connectivity index (χ4n) is 0.543. The minimum atomic E-state index is -6.62. The van der Waals surface area contributed by atoms with Gasteiger partial charge in [-0.15, -0.1) is 0 Å². The maximum atomic E-state index is 12.2. The Balaban J connectivity index is 0. The second-order valence-corrected chi connectivity index (χ2v) is 4.45. The van der Waals surface area contributed by atoms with Crippen LogP contribution in [-0.4, -0.2) is 44.4 Å². The van der Waals surface area contributed by atoms with Gasteiger partial charge in [0, 0.05) is 0 Å². The van der Waals surface area contributed by atoms with Gasteiger partial charge in [0.1, 0.15) is 6.42 Å². The van der Waals surface area contributed by atoms with Gasteiger partial charge in [-0.1, -0.05) is 0 Å². The molecule has 0 atom stereocenters. The largest absolute Gasteiger partial charge is 0.431 e. The van der Waals surface area contributed by atoms with Crippen LogP contribution >= 0.6 is 0 Å². The molecule has 0 radical (unpaired) electrons. The lowest BCUT2D eigenvalue weighted by Gasteiger charge is -2.24. The van der Waals surface area contributed by atoms with Gasteiger partial charge in [-0.3, -0.25) is 4.55 Å². The van der Waals surface area contributed by atoms with Gasteiger partial charge >= 0.3 is 27.5 Å². The van der Waals surface area contributed by atoms with E-state index in [9.17, 15) is 39.2 Å². The molecule has 0 spiro atoms. The predicted molar refractivity (Wildman–Crippen MR) is 47.1 cm³/mol. The molecule has 0 aliphatic heterocycles. The SMILES string of the molecule is CNC.O=S(=O)(O)C(F)(F)C(F)(F)CC(F)(F)F. The Hall–Kier alpha value is -0.620. The molecule has 0 unspecified atom stereocenters. The Morgan fingerprint density at radius 3 is 1.44 bits per heavy atom. The monoisotopic (exact) mass is 309 g/mol. The molecular weight excluding hydrogens is 299 g/mol. The average molecular weight is 309 g/mol. The summed E-state index contributed by atoms with van der Waals surface area (Å²) in [5.74, 6) is -5.93. The van der Waals surface area contributed by atoms with E-state index in [-0.39, 0.29) is 0 Å². The van der Waals surface area contributed by atoms with Gasteiger partial charge in [0.25, 0.3) is 0 Å². The highest BCUT2D eigenvalue weighted by molar-refractivity contribution is 7.87. The van der Waals surface area contributed by atoms with E-state index in [1.54, 1.807) is 0 Å². The van der Waals surface area contributed by atoms with E-state index in [0.717, 1.165) is 0 Å². The van der Waals surface area contributed by atoms with Crippen molar-refractivity contribution >= 4 is 10.1 Å². The van der Waals surface area contributed by atoms with Crippen molar-refractivity contribution in [1.82, 2.24) is 5.32 Å². The maximum absolute atomic E-state index is 12.2. The third-order valence-electron chi connectivity index (χ3n) is 1.17. The number of alkyl halides is 7. The van der Waals surface area contributed by atoms with Crippen molar-refractivity contribution < 1.29 is 43.7 Å². The van der Waals surface area contributed by atoms with Gasteiger partial charge in [-0.2, -0.15) is 39.2 Å². The van der Waals surface area contributed by atoms with E-state index in [2.05, 4.69) is 5.32 Å². The zero-order valence-electron chi connectivity index (χ0n) is 9.02. The molecule has 4 nitrogen and oxygen atoms in total. The molecule has 0 fully saturated rings. The van der Waals surface area contributed by atoms with Crippen molar-refractivity contribution in [3.63, 3.8) is 0 Å². The zero-order valence-corrected chi connectivity index (χ0v) is 9.84. The van der Waals surface area contributed by atoms with Crippen LogP contribution in [0.5, 0.6) is 0 Å². The van der Waals surface area contributed by atoms with Crippen molar-refractivity contribution in [3.05, 3.63) is 0 Å². The molecule has 0 aromatic heterocycles. The highest BCUT2D eigenvalue weighted by Crippen LogP contribution is 2.44. The summed E-state index contributed by atoms with van der Waals surface area (Å²) >= 11 is 0. The minimum Gasteiger partial charge on any atom is -0.323 e. The summed E-state index contributed by atoms with van der Waals surface area (Å²) in [5, 5.41) is -3.43. The van der Waals surface area contributed by atoms with E-state index in [1.165, 1.54) is 0 Å². The van der Waals surface area contributed by atoms with E-state index < -0.39 is 33.9 Å². The zero-order chi connectivity index (χ0) is 15.4. The van der Waals surface area contributed by atoms with Crippen LogP contribution in [0.2, 0.25) is 0 Å². The summed E-state index contributed by atoms with van der Waals surface area (Å²) in [5.41, 5.74) is 0. The lowest BCUT2D eigenvalue weighted by molar-refractivity contribution is -0.236. The van der Waals surface area contributed by atoms with Crippen LogP contribution in [0.1, 0.15) is 6.42 Å². The third kappa shape index (κ3) is 5.82. The third-order valence-corrected chi connectivity index (χ3v) is 2.12. The first kappa shape index (κ1) is 19.7. The van der Waals surface area contributed by atoms with Crippen LogP contribution in [0, 0.1) is 0 Å². The lowest BCUT2D eigenvalue weighted by Crippen LogP contribution is -2.49. The normalized spacial score (nSPS) is 13.9. The van der Waals surface area contributed by atoms with E-state index in [4.69, 9.17) is 4.55 Å². The van der Waals surface area contributed by atoms with E-state index >= 15 is 0 Å². The molecule has 18 heavy (non-hydrogen) atoms. The molecule has 0 amide bonds. The highest BCUT2D eigenvalue weighted by Gasteiger charge is 2.68.